The predicted octanol–water partition coefficient (Wildman–Crippen LogP) is 6.01. The zero-order valence-electron chi connectivity index (χ0n) is 13.5. The molecule has 3 rings (SSSR count). The van der Waals surface area contributed by atoms with Crippen LogP contribution in [0.2, 0.25) is 15.1 Å². The first kappa shape index (κ1) is 19.1. The van der Waals surface area contributed by atoms with Gasteiger partial charge < -0.3 is 4.74 Å². The highest BCUT2D eigenvalue weighted by molar-refractivity contribution is 6.39. The second kappa shape index (κ2) is 7.50. The Morgan fingerprint density at radius 1 is 1.12 bits per heavy atom. The number of fused-ring (bicyclic) bond motifs is 1. The Hall–Kier alpha value is -1.70. The van der Waals surface area contributed by atoms with Crippen LogP contribution in [-0.4, -0.2) is 25.7 Å². The van der Waals surface area contributed by atoms with E-state index in [0.717, 1.165) is 6.92 Å². The molecule has 0 saturated carbocycles. The standard InChI is InChI=1S/C16H13Cl3F2N4O/c1-16(20,21)3-2-4-25-13-10(8-24-25)11(18)5-12(19)14(13)26-15-22-6-9(17)7-23-15/h5-8H,2-4H2,1H3. The first-order valence-electron chi connectivity index (χ1n) is 7.61. The third-order valence-corrected chi connectivity index (χ3v) is 4.35. The molecule has 0 spiro atoms. The van der Waals surface area contributed by atoms with Gasteiger partial charge in [0.15, 0.2) is 5.75 Å². The van der Waals surface area contributed by atoms with E-state index in [4.69, 9.17) is 39.5 Å². The van der Waals surface area contributed by atoms with E-state index in [9.17, 15) is 8.78 Å². The van der Waals surface area contributed by atoms with Crippen LogP contribution >= 0.6 is 34.8 Å². The number of benzene rings is 1. The van der Waals surface area contributed by atoms with Gasteiger partial charge in [-0.15, -0.1) is 0 Å². The minimum atomic E-state index is -2.74. The molecule has 0 atom stereocenters. The minimum absolute atomic E-state index is 0.0350. The van der Waals surface area contributed by atoms with E-state index in [1.165, 1.54) is 29.3 Å². The average molecular weight is 422 g/mol. The lowest BCUT2D eigenvalue weighted by Crippen LogP contribution is -2.11. The molecule has 0 saturated heterocycles. The van der Waals surface area contributed by atoms with Gasteiger partial charge in [0.2, 0.25) is 5.92 Å². The van der Waals surface area contributed by atoms with Crippen molar-refractivity contribution in [3.63, 3.8) is 0 Å². The van der Waals surface area contributed by atoms with Crippen molar-refractivity contribution in [3.8, 4) is 11.8 Å². The Kier molecular flexibility index (Phi) is 5.50. The Morgan fingerprint density at radius 2 is 1.81 bits per heavy atom. The van der Waals surface area contributed by atoms with E-state index in [1.807, 2.05) is 0 Å². The van der Waals surface area contributed by atoms with E-state index < -0.39 is 5.92 Å². The van der Waals surface area contributed by atoms with E-state index in [0.29, 0.717) is 20.9 Å². The number of aromatic nitrogens is 4. The monoisotopic (exact) mass is 420 g/mol. The summed E-state index contributed by atoms with van der Waals surface area (Å²) in [7, 11) is 0. The Balaban J connectivity index is 1.98. The highest BCUT2D eigenvalue weighted by Crippen LogP contribution is 2.40. The van der Waals surface area contributed by atoms with E-state index in [1.54, 1.807) is 0 Å². The van der Waals surface area contributed by atoms with E-state index in [-0.39, 0.29) is 36.2 Å². The summed E-state index contributed by atoms with van der Waals surface area (Å²) in [5.74, 6) is -2.50. The molecular formula is C16H13Cl3F2N4O. The molecule has 2 heterocycles. The molecule has 0 amide bonds. The van der Waals surface area contributed by atoms with Gasteiger partial charge in [0.05, 0.1) is 33.7 Å². The number of aryl methyl sites for hydroxylation is 1. The number of hydrogen-bond donors (Lipinski definition) is 0. The van der Waals surface area contributed by atoms with Gasteiger partial charge in [-0.3, -0.25) is 4.68 Å². The van der Waals surface area contributed by atoms with Crippen molar-refractivity contribution in [1.82, 2.24) is 19.7 Å². The van der Waals surface area contributed by atoms with Gasteiger partial charge >= 0.3 is 6.01 Å². The maximum atomic E-state index is 13.1. The number of hydrogen-bond acceptors (Lipinski definition) is 4. The van der Waals surface area contributed by atoms with Crippen molar-refractivity contribution in [2.24, 2.45) is 0 Å². The van der Waals surface area contributed by atoms with Crippen LogP contribution in [0.4, 0.5) is 8.78 Å². The van der Waals surface area contributed by atoms with Crippen molar-refractivity contribution in [1.29, 1.82) is 0 Å². The summed E-state index contributed by atoms with van der Waals surface area (Å²) in [6, 6.07) is 1.55. The van der Waals surface area contributed by atoms with Gasteiger partial charge in [-0.1, -0.05) is 34.8 Å². The molecule has 0 fully saturated rings. The van der Waals surface area contributed by atoms with Crippen molar-refractivity contribution >= 4 is 45.7 Å². The molecule has 0 aliphatic rings. The lowest BCUT2D eigenvalue weighted by Gasteiger charge is -2.13. The third kappa shape index (κ3) is 4.34. The summed E-state index contributed by atoms with van der Waals surface area (Å²) in [5.41, 5.74) is 0.487. The zero-order chi connectivity index (χ0) is 18.9. The molecule has 10 heteroatoms. The van der Waals surface area contributed by atoms with Crippen LogP contribution in [0, 0.1) is 0 Å². The smallest absolute Gasteiger partial charge is 0.322 e. The largest absolute Gasteiger partial charge is 0.420 e. The highest BCUT2D eigenvalue weighted by Gasteiger charge is 2.22. The fourth-order valence-corrected chi connectivity index (χ4v) is 3.06. The molecule has 3 aromatic rings. The van der Waals surface area contributed by atoms with Crippen LogP contribution < -0.4 is 4.74 Å². The molecule has 2 aromatic heterocycles. The summed E-state index contributed by atoms with van der Waals surface area (Å²) < 4.78 is 33.4. The van der Waals surface area contributed by atoms with Crippen molar-refractivity contribution < 1.29 is 13.5 Å². The number of alkyl halides is 2. The van der Waals surface area contributed by atoms with Crippen molar-refractivity contribution in [2.75, 3.05) is 0 Å². The average Bonchev–Trinajstić information content (AvgIpc) is 2.96. The van der Waals surface area contributed by atoms with E-state index >= 15 is 0 Å². The molecule has 0 aliphatic carbocycles. The lowest BCUT2D eigenvalue weighted by molar-refractivity contribution is 0.00979. The molecular weight excluding hydrogens is 409 g/mol. The summed E-state index contributed by atoms with van der Waals surface area (Å²) in [4.78, 5) is 7.93. The predicted molar refractivity (Wildman–Crippen MR) is 96.7 cm³/mol. The van der Waals surface area contributed by atoms with Gasteiger partial charge in [0, 0.05) is 18.4 Å². The first-order chi connectivity index (χ1) is 12.2. The summed E-state index contributed by atoms with van der Waals surface area (Å²) in [6.07, 6.45) is 4.26. The van der Waals surface area contributed by atoms with Gasteiger partial charge in [0.25, 0.3) is 0 Å². The summed E-state index contributed by atoms with van der Waals surface area (Å²) >= 11 is 18.3. The molecule has 138 valence electrons. The molecule has 5 nitrogen and oxygen atoms in total. The second-order valence-electron chi connectivity index (χ2n) is 5.76. The molecule has 0 aliphatic heterocycles. The first-order valence-corrected chi connectivity index (χ1v) is 8.75. The van der Waals surface area contributed by atoms with Crippen LogP contribution in [0.5, 0.6) is 11.8 Å². The number of rotatable bonds is 6. The number of halogens is 5. The van der Waals surface area contributed by atoms with Crippen molar-refractivity contribution in [3.05, 3.63) is 39.7 Å². The Bertz CT molecular complexity index is 926. The van der Waals surface area contributed by atoms with Crippen LogP contribution in [0.3, 0.4) is 0 Å². The summed E-state index contributed by atoms with van der Waals surface area (Å²) in [5, 5.41) is 5.76. The maximum Gasteiger partial charge on any atom is 0.322 e. The van der Waals surface area contributed by atoms with Crippen molar-refractivity contribution in [2.45, 2.75) is 32.2 Å². The molecule has 26 heavy (non-hydrogen) atoms. The molecule has 1 aromatic carbocycles. The van der Waals surface area contributed by atoms with Gasteiger partial charge in [-0.05, 0) is 19.4 Å². The topological polar surface area (TPSA) is 52.8 Å². The van der Waals surface area contributed by atoms with E-state index in [2.05, 4.69) is 15.1 Å². The fourth-order valence-electron chi connectivity index (χ4n) is 2.42. The van der Waals surface area contributed by atoms with Gasteiger partial charge in [0.1, 0.15) is 5.52 Å². The quantitative estimate of drug-likeness (QED) is 0.489. The van der Waals surface area contributed by atoms with Crippen LogP contribution in [0.25, 0.3) is 10.9 Å². The molecule has 0 radical (unpaired) electrons. The highest BCUT2D eigenvalue weighted by atomic mass is 35.5. The lowest BCUT2D eigenvalue weighted by atomic mass is 10.2. The molecule has 0 bridgehead atoms. The van der Waals surface area contributed by atoms with Crippen LogP contribution in [0.15, 0.2) is 24.7 Å². The minimum Gasteiger partial charge on any atom is -0.420 e. The van der Waals surface area contributed by atoms with Crippen LogP contribution in [-0.2, 0) is 6.54 Å². The SMILES string of the molecule is CC(F)(F)CCCn1ncc2c(Cl)cc(Cl)c(Oc3ncc(Cl)cn3)c21. The zero-order valence-corrected chi connectivity index (χ0v) is 15.8. The Labute approximate surface area is 162 Å². The second-order valence-corrected chi connectivity index (χ2v) is 7.01. The normalized spacial score (nSPS) is 11.9. The molecule has 0 N–H and O–H groups in total. The molecule has 0 unspecified atom stereocenters. The number of nitrogens with zero attached hydrogens (tertiary/aromatic N) is 4. The van der Waals surface area contributed by atoms with Gasteiger partial charge in [-0.25, -0.2) is 18.7 Å². The Morgan fingerprint density at radius 3 is 2.46 bits per heavy atom. The van der Waals surface area contributed by atoms with Gasteiger partial charge in [-0.2, -0.15) is 5.10 Å². The third-order valence-electron chi connectivity index (χ3n) is 3.56. The van der Waals surface area contributed by atoms with Crippen LogP contribution in [0.1, 0.15) is 19.8 Å². The summed E-state index contributed by atoms with van der Waals surface area (Å²) in [6.45, 7) is 1.13. The number of ether oxygens (including phenoxy) is 1. The maximum absolute atomic E-state index is 13.1. The fraction of sp³-hybridized carbons (Fsp3) is 0.312.